The lowest BCUT2D eigenvalue weighted by atomic mass is 9.91. The number of esters is 2. The number of benzene rings is 2. The largest absolute Gasteiger partial charge is 0.462 e. The highest BCUT2D eigenvalue weighted by molar-refractivity contribution is 5.95. The molecule has 0 aliphatic carbocycles. The third kappa shape index (κ3) is 7.07. The van der Waals surface area contributed by atoms with Gasteiger partial charge in [-0.15, -0.1) is 0 Å². The average Bonchev–Trinajstić information content (AvgIpc) is 3.28. The van der Waals surface area contributed by atoms with E-state index in [1.165, 1.54) is 11.0 Å². The normalized spacial score (nSPS) is 17.3. The first kappa shape index (κ1) is 26.7. The first-order valence-corrected chi connectivity index (χ1v) is 12.0. The molecule has 0 saturated carbocycles. The Kier molecular flexibility index (Phi) is 8.68. The molecule has 1 fully saturated rings. The van der Waals surface area contributed by atoms with Gasteiger partial charge in [-0.3, -0.25) is 4.79 Å². The minimum atomic E-state index is -0.787. The zero-order valence-electron chi connectivity index (χ0n) is 21.1. The van der Waals surface area contributed by atoms with E-state index in [0.717, 1.165) is 5.56 Å². The van der Waals surface area contributed by atoms with E-state index in [4.69, 9.17) is 9.47 Å². The molecular weight excluding hydrogens is 462 g/mol. The van der Waals surface area contributed by atoms with Gasteiger partial charge in [0, 0.05) is 18.2 Å². The van der Waals surface area contributed by atoms with E-state index < -0.39 is 29.6 Å². The van der Waals surface area contributed by atoms with Crippen LogP contribution in [0.2, 0.25) is 0 Å². The van der Waals surface area contributed by atoms with Gasteiger partial charge in [0.1, 0.15) is 11.6 Å². The summed E-state index contributed by atoms with van der Waals surface area (Å²) in [4.78, 5) is 52.0. The van der Waals surface area contributed by atoms with Crippen LogP contribution < -0.4 is 10.6 Å². The zero-order valence-corrected chi connectivity index (χ0v) is 21.1. The molecule has 0 bridgehead atoms. The van der Waals surface area contributed by atoms with Crippen LogP contribution in [0.15, 0.2) is 54.6 Å². The Balaban J connectivity index is 1.66. The van der Waals surface area contributed by atoms with E-state index in [0.29, 0.717) is 24.2 Å². The van der Waals surface area contributed by atoms with E-state index in [-0.39, 0.29) is 25.0 Å². The first-order chi connectivity index (χ1) is 17.1. The summed E-state index contributed by atoms with van der Waals surface area (Å²) in [6, 6.07) is 14.5. The van der Waals surface area contributed by atoms with Gasteiger partial charge >= 0.3 is 18.0 Å². The summed E-state index contributed by atoms with van der Waals surface area (Å²) in [6.45, 7) is 7.37. The lowest BCUT2D eigenvalue weighted by Crippen LogP contribution is -2.49. The van der Waals surface area contributed by atoms with E-state index >= 15 is 0 Å². The number of likely N-dealkylation sites (tertiary alicyclic amines) is 1. The lowest BCUT2D eigenvalue weighted by Gasteiger charge is -2.30. The second-order valence-corrected chi connectivity index (χ2v) is 9.48. The van der Waals surface area contributed by atoms with Crippen LogP contribution in [-0.4, -0.2) is 60.1 Å². The number of hydrogen-bond donors (Lipinski definition) is 2. The molecule has 0 spiro atoms. The summed E-state index contributed by atoms with van der Waals surface area (Å²) in [5.74, 6) is -1.56. The van der Waals surface area contributed by atoms with Crippen molar-refractivity contribution in [2.75, 3.05) is 25.0 Å². The van der Waals surface area contributed by atoms with Gasteiger partial charge < -0.3 is 25.0 Å². The van der Waals surface area contributed by atoms with Crippen molar-refractivity contribution in [1.29, 1.82) is 0 Å². The van der Waals surface area contributed by atoms with Crippen molar-refractivity contribution in [3.8, 4) is 0 Å². The molecule has 1 aliphatic rings. The van der Waals surface area contributed by atoms with Crippen molar-refractivity contribution < 1.29 is 28.7 Å². The number of carbonyl (C=O) groups is 4. The molecule has 2 unspecified atom stereocenters. The van der Waals surface area contributed by atoms with E-state index in [9.17, 15) is 19.2 Å². The van der Waals surface area contributed by atoms with E-state index in [1.807, 2.05) is 30.3 Å². The van der Waals surface area contributed by atoms with Crippen molar-refractivity contribution in [2.45, 2.75) is 51.7 Å². The molecule has 2 aromatic carbocycles. The number of hydrogen-bond acceptors (Lipinski definition) is 6. The minimum absolute atomic E-state index is 0.204. The van der Waals surface area contributed by atoms with Crippen LogP contribution in [0.1, 0.15) is 56.0 Å². The highest BCUT2D eigenvalue weighted by Gasteiger charge is 2.44. The average molecular weight is 496 g/mol. The van der Waals surface area contributed by atoms with Gasteiger partial charge in [0.05, 0.1) is 18.7 Å². The van der Waals surface area contributed by atoms with Gasteiger partial charge in [0.2, 0.25) is 5.91 Å². The van der Waals surface area contributed by atoms with Gasteiger partial charge in [0.15, 0.2) is 0 Å². The molecule has 2 aromatic rings. The van der Waals surface area contributed by atoms with Gasteiger partial charge in [0.25, 0.3) is 0 Å². The molecule has 0 radical (unpaired) electrons. The Morgan fingerprint density at radius 1 is 1.03 bits per heavy atom. The minimum Gasteiger partial charge on any atom is -0.462 e. The Morgan fingerprint density at radius 2 is 1.75 bits per heavy atom. The second kappa shape index (κ2) is 11.7. The number of nitrogens with zero attached hydrogens (tertiary/aromatic N) is 1. The Labute approximate surface area is 211 Å². The maximum Gasteiger partial charge on any atom is 0.338 e. The standard InChI is InChI=1S/C27H33N3O6/c1-5-35-24(32)19-12-9-13-20(16-19)29-26(34)28-17-22(31)30-15-14-21(18-10-7-6-8-11-18)23(30)25(33)36-27(2,3)4/h6-13,16,21,23H,5,14-15,17H2,1-4H3,(H2,28,29,34). The topological polar surface area (TPSA) is 114 Å². The highest BCUT2D eigenvalue weighted by Crippen LogP contribution is 2.35. The number of nitrogens with one attached hydrogen (secondary N) is 2. The van der Waals surface area contributed by atoms with Crippen molar-refractivity contribution >= 4 is 29.6 Å². The summed E-state index contributed by atoms with van der Waals surface area (Å²) in [5, 5.41) is 5.14. The molecule has 2 atom stereocenters. The Hall–Kier alpha value is -3.88. The van der Waals surface area contributed by atoms with Crippen molar-refractivity contribution in [2.24, 2.45) is 0 Å². The predicted octanol–water partition coefficient (Wildman–Crippen LogP) is 3.71. The van der Waals surface area contributed by atoms with Crippen LogP contribution in [-0.2, 0) is 19.1 Å². The SMILES string of the molecule is CCOC(=O)c1cccc(NC(=O)NCC(=O)N2CCC(c3ccccc3)C2C(=O)OC(C)(C)C)c1. The molecule has 1 heterocycles. The van der Waals surface area contributed by atoms with Gasteiger partial charge in [-0.2, -0.15) is 0 Å². The Morgan fingerprint density at radius 3 is 2.42 bits per heavy atom. The quantitative estimate of drug-likeness (QED) is 0.566. The maximum absolute atomic E-state index is 13.1. The molecule has 3 rings (SSSR count). The predicted molar refractivity (Wildman–Crippen MR) is 135 cm³/mol. The first-order valence-electron chi connectivity index (χ1n) is 12.0. The molecule has 2 N–H and O–H groups in total. The lowest BCUT2D eigenvalue weighted by molar-refractivity contribution is -0.163. The fraction of sp³-hybridized carbons (Fsp3) is 0.407. The third-order valence-electron chi connectivity index (χ3n) is 5.63. The van der Waals surface area contributed by atoms with Gasteiger partial charge in [-0.1, -0.05) is 36.4 Å². The number of carbonyl (C=O) groups excluding carboxylic acids is 4. The summed E-state index contributed by atoms with van der Waals surface area (Å²) >= 11 is 0. The Bertz CT molecular complexity index is 1100. The van der Waals surface area contributed by atoms with Gasteiger partial charge in [-0.25, -0.2) is 14.4 Å². The van der Waals surface area contributed by atoms with Crippen LogP contribution in [0.25, 0.3) is 0 Å². The smallest absolute Gasteiger partial charge is 0.338 e. The molecule has 192 valence electrons. The summed E-state index contributed by atoms with van der Waals surface area (Å²) in [7, 11) is 0. The summed E-state index contributed by atoms with van der Waals surface area (Å²) < 4.78 is 10.6. The summed E-state index contributed by atoms with van der Waals surface area (Å²) in [6.07, 6.45) is 0.604. The van der Waals surface area contributed by atoms with Crippen LogP contribution in [0.3, 0.4) is 0 Å². The molecule has 9 nitrogen and oxygen atoms in total. The number of anilines is 1. The van der Waals surface area contributed by atoms with Crippen LogP contribution in [0.4, 0.5) is 10.5 Å². The number of amides is 3. The highest BCUT2D eigenvalue weighted by atomic mass is 16.6. The zero-order chi connectivity index (χ0) is 26.3. The maximum atomic E-state index is 13.1. The number of ether oxygens (including phenoxy) is 2. The van der Waals surface area contributed by atoms with Crippen molar-refractivity contribution in [1.82, 2.24) is 10.2 Å². The molecular formula is C27H33N3O6. The molecule has 1 aliphatic heterocycles. The number of urea groups is 1. The molecule has 0 aromatic heterocycles. The molecule has 36 heavy (non-hydrogen) atoms. The van der Waals surface area contributed by atoms with Crippen LogP contribution >= 0.6 is 0 Å². The van der Waals surface area contributed by atoms with Gasteiger partial charge in [-0.05, 0) is 57.9 Å². The van der Waals surface area contributed by atoms with E-state index in [1.54, 1.807) is 45.9 Å². The van der Waals surface area contributed by atoms with Crippen LogP contribution in [0.5, 0.6) is 0 Å². The molecule has 1 saturated heterocycles. The van der Waals surface area contributed by atoms with Crippen molar-refractivity contribution in [3.05, 3.63) is 65.7 Å². The third-order valence-corrected chi connectivity index (χ3v) is 5.63. The number of rotatable bonds is 7. The second-order valence-electron chi connectivity index (χ2n) is 9.48. The fourth-order valence-electron chi connectivity index (χ4n) is 4.15. The summed E-state index contributed by atoms with van der Waals surface area (Å²) in [5.41, 5.74) is 0.930. The monoisotopic (exact) mass is 495 g/mol. The van der Waals surface area contributed by atoms with E-state index in [2.05, 4.69) is 10.6 Å². The van der Waals surface area contributed by atoms with Crippen LogP contribution in [0, 0.1) is 0 Å². The molecule has 3 amide bonds. The fourth-order valence-corrected chi connectivity index (χ4v) is 4.15. The molecule has 9 heteroatoms. The van der Waals surface area contributed by atoms with Crippen molar-refractivity contribution in [3.63, 3.8) is 0 Å².